The van der Waals surface area contributed by atoms with Crippen LogP contribution in [0.15, 0.2) is 30.3 Å². The van der Waals surface area contributed by atoms with Crippen LogP contribution in [0.1, 0.15) is 0 Å². The van der Waals surface area contributed by atoms with Gasteiger partial charge in [0.15, 0.2) is 0 Å². The van der Waals surface area contributed by atoms with Gasteiger partial charge in [-0.3, -0.25) is 0 Å². The minimum Gasteiger partial charge on any atom is -0.412 e. The normalized spacial score (nSPS) is 21.2. The van der Waals surface area contributed by atoms with Gasteiger partial charge in [0.05, 0.1) is 0 Å². The smallest absolute Gasteiger partial charge is 0.412 e. The molecule has 0 N–H and O–H groups in total. The third-order valence-electron chi connectivity index (χ3n) is 1.69. The third kappa shape index (κ3) is 6.95. The lowest BCUT2D eigenvalue weighted by atomic mass is 10.4. The summed E-state index contributed by atoms with van der Waals surface area (Å²) in [5, 5.41) is 0.998. The molecule has 0 spiro atoms. The average Bonchev–Trinajstić information content (AvgIpc) is 2.50. The molecule has 1 aromatic carbocycles. The molecule has 1 aromatic rings. The molecule has 20 heavy (non-hydrogen) atoms. The molecule has 0 amide bonds. The molecule has 1 aliphatic heterocycles. The Labute approximate surface area is 133 Å². The van der Waals surface area contributed by atoms with Crippen molar-refractivity contribution in [2.24, 2.45) is 0 Å². The van der Waals surface area contributed by atoms with Crippen LogP contribution in [0.3, 0.4) is 0 Å². The third-order valence-corrected chi connectivity index (χ3v) is 7.98. The Hall–Kier alpha value is 0.458. The van der Waals surface area contributed by atoms with Crippen molar-refractivity contribution in [1.29, 1.82) is 0 Å². The van der Waals surface area contributed by atoms with Crippen molar-refractivity contribution in [2.45, 2.75) is 0 Å². The topological polar surface area (TPSA) is 64.6 Å². The highest BCUT2D eigenvalue weighted by atomic mass is 28.4. The van der Waals surface area contributed by atoms with Gasteiger partial charge in [0.1, 0.15) is 0 Å². The molecule has 0 bridgehead atoms. The molecule has 2 rings (SSSR count). The zero-order chi connectivity index (χ0) is 13.9. The van der Waals surface area contributed by atoms with E-state index in [1.54, 1.807) is 0 Å². The van der Waals surface area contributed by atoms with E-state index in [1.807, 2.05) is 30.3 Å². The summed E-state index contributed by atoms with van der Waals surface area (Å²) in [5.74, 6) is 0. The summed E-state index contributed by atoms with van der Waals surface area (Å²) in [6.45, 7) is 0. The van der Waals surface area contributed by atoms with E-state index in [1.165, 1.54) is 0 Å². The first kappa shape index (κ1) is 16.8. The van der Waals surface area contributed by atoms with Gasteiger partial charge in [-0.15, -0.1) is 0 Å². The maximum absolute atomic E-state index is 5.64. The van der Waals surface area contributed by atoms with Crippen LogP contribution in [-0.4, -0.2) is 69.3 Å². The van der Waals surface area contributed by atoms with Crippen molar-refractivity contribution in [3.05, 3.63) is 30.3 Å². The minimum absolute atomic E-state index is 0.108. The van der Waals surface area contributed by atoms with E-state index in [0.717, 1.165) is 5.19 Å². The molecular weight excluding hydrogens is 381 g/mol. The predicted octanol–water partition coefficient (Wildman–Crippen LogP) is -2.28. The van der Waals surface area contributed by atoms with Crippen molar-refractivity contribution in [1.82, 2.24) is 0 Å². The molecule has 0 saturated carbocycles. The van der Waals surface area contributed by atoms with Gasteiger partial charge in [0.2, 0.25) is 0 Å². The van der Waals surface area contributed by atoms with Crippen molar-refractivity contribution in [3.63, 3.8) is 0 Å². The van der Waals surface area contributed by atoms with Crippen molar-refractivity contribution in [2.75, 3.05) is 0 Å². The van der Waals surface area contributed by atoms with Crippen molar-refractivity contribution in [3.8, 4) is 0 Å². The average molecular weight is 386 g/mol. The standard InChI is InChI=1S/C6H5O7Si7/c1-2-4-6(5-3-1)20-12-18-10-16-8-14-7-15-9-17-11-19-13-20/h1-5H. The minimum atomic E-state index is -1.63. The lowest BCUT2D eigenvalue weighted by Gasteiger charge is -2.14. The Kier molecular flexibility index (Phi) is 9.32. The fourth-order valence-corrected chi connectivity index (χ4v) is 7.48. The van der Waals surface area contributed by atoms with Crippen LogP contribution in [-0.2, 0) is 28.8 Å². The van der Waals surface area contributed by atoms with Crippen LogP contribution in [0, 0.1) is 0 Å². The quantitative estimate of drug-likeness (QED) is 0.505. The molecule has 1 heterocycles. The molecule has 0 atom stereocenters. The van der Waals surface area contributed by atoms with Crippen LogP contribution in [0.4, 0.5) is 0 Å². The van der Waals surface area contributed by atoms with Gasteiger partial charge in [-0.25, -0.2) is 0 Å². The zero-order valence-electron chi connectivity index (χ0n) is 9.74. The van der Waals surface area contributed by atoms with E-state index in [0.29, 0.717) is 0 Å². The molecule has 1 aliphatic rings. The molecule has 14 heteroatoms. The van der Waals surface area contributed by atoms with Crippen LogP contribution in [0.2, 0.25) is 0 Å². The molecule has 0 unspecified atom stereocenters. The number of benzene rings is 1. The first-order chi connectivity index (χ1) is 9.97. The Bertz CT molecular complexity index is 345. The Morgan fingerprint density at radius 3 is 1.55 bits per heavy atom. The second kappa shape index (κ2) is 11.1. The molecule has 1 fully saturated rings. The highest BCUT2D eigenvalue weighted by Gasteiger charge is 2.21. The lowest BCUT2D eigenvalue weighted by molar-refractivity contribution is 0.342. The van der Waals surface area contributed by atoms with Gasteiger partial charge in [0, 0.05) is 0 Å². The maximum atomic E-state index is 5.64. The van der Waals surface area contributed by atoms with Crippen LogP contribution < -0.4 is 5.19 Å². The van der Waals surface area contributed by atoms with Gasteiger partial charge in [-0.1, -0.05) is 30.3 Å². The van der Waals surface area contributed by atoms with E-state index < -0.39 is 9.28 Å². The summed E-state index contributed by atoms with van der Waals surface area (Å²) in [6.07, 6.45) is 0. The van der Waals surface area contributed by atoms with Gasteiger partial charge in [-0.2, -0.15) is 0 Å². The highest BCUT2D eigenvalue weighted by molar-refractivity contribution is 6.69. The monoisotopic (exact) mass is 385 g/mol. The van der Waals surface area contributed by atoms with E-state index in [-0.39, 0.29) is 60.0 Å². The van der Waals surface area contributed by atoms with Gasteiger partial charge >= 0.3 is 69.3 Å². The van der Waals surface area contributed by atoms with Gasteiger partial charge in [-0.05, 0) is 5.19 Å². The Balaban J connectivity index is 1.84. The SMILES string of the molecule is c1ccc([Si]2O[Si]O[Si]O[Si]O[Si]O[Si]O[Si]O2)cc1. The predicted molar refractivity (Wildman–Crippen MR) is 73.9 cm³/mol. The van der Waals surface area contributed by atoms with Crippen molar-refractivity contribution >= 4 is 74.5 Å². The summed E-state index contributed by atoms with van der Waals surface area (Å²) in [7, 11) is -2.37. The summed E-state index contributed by atoms with van der Waals surface area (Å²) in [4.78, 5) is 0. The largest absolute Gasteiger partial charge is 0.413 e. The Morgan fingerprint density at radius 1 is 0.600 bits per heavy atom. The van der Waals surface area contributed by atoms with Crippen LogP contribution in [0.25, 0.3) is 0 Å². The van der Waals surface area contributed by atoms with Crippen molar-refractivity contribution < 1.29 is 28.8 Å². The number of hydrogen-bond acceptors (Lipinski definition) is 7. The summed E-state index contributed by atoms with van der Waals surface area (Å²) >= 11 is 0. The van der Waals surface area contributed by atoms with E-state index in [9.17, 15) is 0 Å². The molecule has 0 aromatic heterocycles. The van der Waals surface area contributed by atoms with Crippen LogP contribution in [0.5, 0.6) is 0 Å². The molecule has 13 radical (unpaired) electrons. The lowest BCUT2D eigenvalue weighted by Crippen LogP contribution is -2.40. The Morgan fingerprint density at radius 2 is 1.05 bits per heavy atom. The van der Waals surface area contributed by atoms with E-state index >= 15 is 0 Å². The summed E-state index contributed by atoms with van der Waals surface area (Å²) in [5.41, 5.74) is 0. The second-order valence-electron chi connectivity index (χ2n) is 2.87. The first-order valence-corrected chi connectivity index (χ1v) is 11.2. The van der Waals surface area contributed by atoms with E-state index in [4.69, 9.17) is 28.8 Å². The molecule has 99 valence electrons. The zero-order valence-corrected chi connectivity index (χ0v) is 16.7. The number of rotatable bonds is 1. The van der Waals surface area contributed by atoms with E-state index in [2.05, 4.69) is 0 Å². The van der Waals surface area contributed by atoms with Crippen LogP contribution >= 0.6 is 0 Å². The second-order valence-corrected chi connectivity index (χ2v) is 10.7. The molecule has 7 nitrogen and oxygen atoms in total. The molecule has 1 saturated heterocycles. The maximum Gasteiger partial charge on any atom is 0.413 e. The molecular formula is C6H5O7Si7. The van der Waals surface area contributed by atoms with Gasteiger partial charge < -0.3 is 28.8 Å². The van der Waals surface area contributed by atoms with Gasteiger partial charge in [0.25, 0.3) is 0 Å². The summed E-state index contributed by atoms with van der Waals surface area (Å²) in [6, 6.07) is 9.74. The first-order valence-electron chi connectivity index (χ1n) is 5.02. The fourth-order valence-electron chi connectivity index (χ4n) is 0.999. The highest BCUT2D eigenvalue weighted by Crippen LogP contribution is 1.93. The number of hydrogen-bond donors (Lipinski definition) is 0. The fraction of sp³-hybridized carbons (Fsp3) is 0. The molecule has 0 aliphatic carbocycles. The summed E-state index contributed by atoms with van der Waals surface area (Å²) < 4.78 is 37.1.